The predicted octanol–water partition coefficient (Wildman–Crippen LogP) is 3.86. The molecule has 1 aliphatic heterocycles. The van der Waals surface area contributed by atoms with Gasteiger partial charge < -0.3 is 24.8 Å². The number of nitrogens with zero attached hydrogens (tertiary/aromatic N) is 1. The fraction of sp³-hybridized carbons (Fsp3) is 0.143. The van der Waals surface area contributed by atoms with Gasteiger partial charge in [-0.05, 0) is 42.5 Å². The molecular formula is C21H19N3O4. The van der Waals surface area contributed by atoms with Gasteiger partial charge in [-0.1, -0.05) is 6.07 Å². The van der Waals surface area contributed by atoms with E-state index in [-0.39, 0.29) is 5.91 Å². The highest BCUT2D eigenvalue weighted by molar-refractivity contribution is 6.04. The van der Waals surface area contributed by atoms with Crippen LogP contribution in [-0.4, -0.2) is 31.2 Å². The van der Waals surface area contributed by atoms with Gasteiger partial charge in [0.15, 0.2) is 11.5 Å². The monoisotopic (exact) mass is 377 g/mol. The highest BCUT2D eigenvalue weighted by Crippen LogP contribution is 2.33. The summed E-state index contributed by atoms with van der Waals surface area (Å²) in [5.74, 6) is 2.29. The molecule has 1 amide bonds. The third-order valence-electron chi connectivity index (χ3n) is 4.17. The number of anilines is 3. The summed E-state index contributed by atoms with van der Waals surface area (Å²) in [6.45, 7) is 1.10. The van der Waals surface area contributed by atoms with Crippen LogP contribution >= 0.6 is 0 Å². The number of aromatic nitrogens is 1. The second-order valence-electron chi connectivity index (χ2n) is 6.10. The minimum Gasteiger partial charge on any atom is -0.497 e. The van der Waals surface area contributed by atoms with Crippen LogP contribution < -0.4 is 24.8 Å². The van der Waals surface area contributed by atoms with Crippen molar-refractivity contribution in [2.75, 3.05) is 31.0 Å². The Kier molecular flexibility index (Phi) is 4.97. The van der Waals surface area contributed by atoms with Gasteiger partial charge in [-0.3, -0.25) is 4.79 Å². The number of hydrogen-bond donors (Lipinski definition) is 2. The van der Waals surface area contributed by atoms with Gasteiger partial charge in [0.05, 0.1) is 19.0 Å². The number of pyridine rings is 1. The molecule has 2 aromatic carbocycles. The largest absolute Gasteiger partial charge is 0.497 e. The van der Waals surface area contributed by atoms with Crippen LogP contribution in [0.3, 0.4) is 0 Å². The zero-order valence-electron chi connectivity index (χ0n) is 15.3. The van der Waals surface area contributed by atoms with E-state index in [1.54, 1.807) is 43.6 Å². The molecule has 0 radical (unpaired) electrons. The molecule has 7 heteroatoms. The third-order valence-corrected chi connectivity index (χ3v) is 4.17. The predicted molar refractivity (Wildman–Crippen MR) is 106 cm³/mol. The van der Waals surface area contributed by atoms with Gasteiger partial charge in [0, 0.05) is 17.3 Å². The van der Waals surface area contributed by atoms with Crippen molar-refractivity contribution in [3.05, 3.63) is 66.4 Å². The number of nitrogens with one attached hydrogen (secondary N) is 2. The highest BCUT2D eigenvalue weighted by atomic mass is 16.6. The average molecular weight is 377 g/mol. The zero-order valence-corrected chi connectivity index (χ0v) is 15.3. The lowest BCUT2D eigenvalue weighted by molar-refractivity contribution is 0.102. The van der Waals surface area contributed by atoms with Crippen LogP contribution in [0.25, 0.3) is 0 Å². The summed E-state index contributed by atoms with van der Waals surface area (Å²) < 4.78 is 16.2. The van der Waals surface area contributed by atoms with E-state index in [0.29, 0.717) is 36.1 Å². The molecule has 2 N–H and O–H groups in total. The minimum atomic E-state index is -0.251. The Labute approximate surface area is 162 Å². The molecule has 0 saturated carbocycles. The van der Waals surface area contributed by atoms with Crippen LogP contribution in [-0.2, 0) is 0 Å². The summed E-state index contributed by atoms with van der Waals surface area (Å²) in [5.41, 5.74) is 2.15. The maximum absolute atomic E-state index is 12.3. The molecule has 0 spiro atoms. The Balaban J connectivity index is 1.41. The number of rotatable bonds is 5. The van der Waals surface area contributed by atoms with Crippen LogP contribution in [0.1, 0.15) is 10.4 Å². The Hall–Kier alpha value is -3.74. The van der Waals surface area contributed by atoms with Crippen LogP contribution in [0.2, 0.25) is 0 Å². The number of methoxy groups -OCH3 is 1. The van der Waals surface area contributed by atoms with Crippen LogP contribution in [0, 0.1) is 0 Å². The number of amides is 1. The van der Waals surface area contributed by atoms with E-state index in [0.717, 1.165) is 17.1 Å². The van der Waals surface area contributed by atoms with Gasteiger partial charge >= 0.3 is 0 Å². The van der Waals surface area contributed by atoms with Gasteiger partial charge in [-0.25, -0.2) is 4.98 Å². The van der Waals surface area contributed by atoms with Crippen molar-refractivity contribution in [1.29, 1.82) is 0 Å². The van der Waals surface area contributed by atoms with Crippen LogP contribution in [0.4, 0.5) is 17.2 Å². The molecule has 0 fully saturated rings. The first kappa shape index (κ1) is 17.7. The van der Waals surface area contributed by atoms with Crippen LogP contribution in [0.15, 0.2) is 60.8 Å². The van der Waals surface area contributed by atoms with E-state index in [2.05, 4.69) is 15.6 Å². The van der Waals surface area contributed by atoms with E-state index in [1.165, 1.54) is 0 Å². The number of carbonyl (C=O) groups excluding carboxylic acids is 1. The standard InChI is InChI=1S/C21H19N3O4/c1-26-17-4-2-3-14(11-17)21(25)24-20-8-6-16(13-22-20)23-15-5-7-18-19(12-15)28-10-9-27-18/h2-8,11-13,23H,9-10H2,1H3,(H,22,24,25). The lowest BCUT2D eigenvalue weighted by atomic mass is 10.2. The molecule has 2 heterocycles. The molecule has 3 aromatic rings. The number of carbonyl (C=O) groups is 1. The van der Waals surface area contributed by atoms with E-state index in [4.69, 9.17) is 14.2 Å². The topological polar surface area (TPSA) is 81.7 Å². The minimum absolute atomic E-state index is 0.251. The summed E-state index contributed by atoms with van der Waals surface area (Å²) in [6, 6.07) is 16.2. The number of fused-ring (bicyclic) bond motifs is 1. The molecule has 0 aliphatic carbocycles. The van der Waals surface area contributed by atoms with E-state index in [9.17, 15) is 4.79 Å². The normalized spacial score (nSPS) is 12.2. The molecule has 1 aromatic heterocycles. The molecule has 28 heavy (non-hydrogen) atoms. The van der Waals surface area contributed by atoms with Gasteiger partial charge in [-0.15, -0.1) is 0 Å². The van der Waals surface area contributed by atoms with Crippen molar-refractivity contribution in [1.82, 2.24) is 4.98 Å². The van der Waals surface area contributed by atoms with E-state index < -0.39 is 0 Å². The average Bonchev–Trinajstić information content (AvgIpc) is 2.75. The zero-order chi connectivity index (χ0) is 19.3. The van der Waals surface area contributed by atoms with Crippen molar-refractivity contribution in [2.45, 2.75) is 0 Å². The first-order valence-corrected chi connectivity index (χ1v) is 8.79. The summed E-state index contributed by atoms with van der Waals surface area (Å²) in [5, 5.41) is 6.03. The summed E-state index contributed by atoms with van der Waals surface area (Å²) in [4.78, 5) is 16.6. The van der Waals surface area contributed by atoms with Crippen molar-refractivity contribution in [3.63, 3.8) is 0 Å². The quantitative estimate of drug-likeness (QED) is 0.703. The van der Waals surface area contributed by atoms with Crippen molar-refractivity contribution in [3.8, 4) is 17.2 Å². The molecule has 4 rings (SSSR count). The van der Waals surface area contributed by atoms with Crippen molar-refractivity contribution in [2.24, 2.45) is 0 Å². The fourth-order valence-electron chi connectivity index (χ4n) is 2.78. The SMILES string of the molecule is COc1cccc(C(=O)Nc2ccc(Nc3ccc4c(c3)OCCO4)cn2)c1. The number of ether oxygens (including phenoxy) is 3. The maximum Gasteiger partial charge on any atom is 0.256 e. The first-order chi connectivity index (χ1) is 13.7. The molecule has 0 bridgehead atoms. The molecule has 0 saturated heterocycles. The second-order valence-corrected chi connectivity index (χ2v) is 6.10. The number of hydrogen-bond acceptors (Lipinski definition) is 6. The van der Waals surface area contributed by atoms with E-state index in [1.807, 2.05) is 24.3 Å². The molecular weight excluding hydrogens is 358 g/mol. The third kappa shape index (κ3) is 3.98. The van der Waals surface area contributed by atoms with Crippen molar-refractivity contribution < 1.29 is 19.0 Å². The van der Waals surface area contributed by atoms with Crippen molar-refractivity contribution >= 4 is 23.1 Å². The smallest absolute Gasteiger partial charge is 0.256 e. The highest BCUT2D eigenvalue weighted by Gasteiger charge is 2.12. The van der Waals surface area contributed by atoms with Gasteiger partial charge in [-0.2, -0.15) is 0 Å². The Morgan fingerprint density at radius 3 is 2.61 bits per heavy atom. The summed E-state index contributed by atoms with van der Waals surface area (Å²) in [6.07, 6.45) is 1.65. The fourth-order valence-corrected chi connectivity index (χ4v) is 2.78. The first-order valence-electron chi connectivity index (χ1n) is 8.79. The lowest BCUT2D eigenvalue weighted by Gasteiger charge is -2.19. The maximum atomic E-state index is 12.3. The van der Waals surface area contributed by atoms with Gasteiger partial charge in [0.25, 0.3) is 5.91 Å². The Morgan fingerprint density at radius 2 is 1.82 bits per heavy atom. The van der Waals surface area contributed by atoms with E-state index >= 15 is 0 Å². The van der Waals surface area contributed by atoms with Gasteiger partial charge in [0.2, 0.25) is 0 Å². The lowest BCUT2D eigenvalue weighted by Crippen LogP contribution is -2.15. The summed E-state index contributed by atoms with van der Waals surface area (Å²) >= 11 is 0. The molecule has 7 nitrogen and oxygen atoms in total. The van der Waals surface area contributed by atoms with Gasteiger partial charge in [0.1, 0.15) is 24.8 Å². The van der Waals surface area contributed by atoms with Crippen LogP contribution in [0.5, 0.6) is 17.2 Å². The number of benzene rings is 2. The molecule has 0 atom stereocenters. The second kappa shape index (κ2) is 7.87. The summed E-state index contributed by atoms with van der Waals surface area (Å²) in [7, 11) is 1.56. The Morgan fingerprint density at radius 1 is 1.00 bits per heavy atom. The molecule has 0 unspecified atom stereocenters. The molecule has 142 valence electrons. The Bertz CT molecular complexity index is 989. The molecule has 1 aliphatic rings.